The molecule has 0 aliphatic carbocycles. The van der Waals surface area contributed by atoms with Crippen LogP contribution in [0.5, 0.6) is 5.75 Å². The first-order valence-electron chi connectivity index (χ1n) is 6.87. The van der Waals surface area contributed by atoms with Gasteiger partial charge in [-0.2, -0.15) is 0 Å². The number of benzene rings is 2. The Balaban J connectivity index is 2.16. The fraction of sp³-hybridized carbons (Fsp3) is 0.176. The van der Waals surface area contributed by atoms with Crippen LogP contribution in [0.4, 0.5) is 11.4 Å². The van der Waals surface area contributed by atoms with Gasteiger partial charge >= 0.3 is 0 Å². The number of fused-ring (bicyclic) bond motifs is 1. The van der Waals surface area contributed by atoms with Crippen LogP contribution in [0.25, 0.3) is 0 Å². The van der Waals surface area contributed by atoms with Gasteiger partial charge in [-0.05, 0) is 18.2 Å². The Labute approximate surface area is 134 Å². The van der Waals surface area contributed by atoms with Gasteiger partial charge in [0.2, 0.25) is 5.91 Å². The van der Waals surface area contributed by atoms with E-state index in [1.165, 1.54) is 0 Å². The monoisotopic (exact) mass is 314 g/mol. The van der Waals surface area contributed by atoms with Crippen molar-refractivity contribution < 1.29 is 9.53 Å². The summed E-state index contributed by atoms with van der Waals surface area (Å²) >= 11 is 6.24. The molecule has 1 amide bonds. The van der Waals surface area contributed by atoms with Gasteiger partial charge in [-0.25, -0.2) is 0 Å². The van der Waals surface area contributed by atoms with Crippen LogP contribution in [0.15, 0.2) is 47.5 Å². The van der Waals surface area contributed by atoms with Gasteiger partial charge in [-0.15, -0.1) is 0 Å². The van der Waals surface area contributed by atoms with E-state index in [9.17, 15) is 4.79 Å². The predicted octanol–water partition coefficient (Wildman–Crippen LogP) is 3.84. The number of hydrogen-bond acceptors (Lipinski definition) is 3. The summed E-state index contributed by atoms with van der Waals surface area (Å²) in [4.78, 5) is 18.7. The fourth-order valence-corrected chi connectivity index (χ4v) is 2.67. The van der Waals surface area contributed by atoms with Crippen molar-refractivity contribution in [2.45, 2.75) is 6.42 Å². The fourth-order valence-electron chi connectivity index (χ4n) is 2.43. The molecule has 0 saturated carbocycles. The number of aliphatic imine (C=N–C) groups is 1. The molecule has 2 aromatic carbocycles. The lowest BCUT2D eigenvalue weighted by molar-refractivity contribution is -0.117. The average Bonchev–Trinajstić information content (AvgIpc) is 2.65. The van der Waals surface area contributed by atoms with Crippen molar-refractivity contribution in [3.8, 4) is 5.75 Å². The largest absolute Gasteiger partial charge is 0.497 e. The number of amides is 1. The minimum Gasteiger partial charge on any atom is -0.497 e. The molecule has 0 bridgehead atoms. The quantitative estimate of drug-likeness (QED) is 0.845. The highest BCUT2D eigenvalue weighted by Gasteiger charge is 2.23. The minimum absolute atomic E-state index is 0.0364. The lowest BCUT2D eigenvalue weighted by Gasteiger charge is -2.17. The summed E-state index contributed by atoms with van der Waals surface area (Å²) in [5, 5.41) is 0.591. The molecule has 2 aromatic rings. The number of carbonyl (C=O) groups excluding carboxylic acids is 1. The first-order chi connectivity index (χ1) is 10.6. The molecule has 0 atom stereocenters. The molecule has 1 heterocycles. The molecular weight excluding hydrogens is 300 g/mol. The normalized spacial score (nSPS) is 14.2. The molecule has 4 nitrogen and oxygen atoms in total. The lowest BCUT2D eigenvalue weighted by atomic mass is 10.1. The Bertz CT molecular complexity index is 771. The summed E-state index contributed by atoms with van der Waals surface area (Å²) in [5.41, 5.74) is 2.91. The van der Waals surface area contributed by atoms with E-state index in [1.54, 1.807) is 25.1 Å². The second kappa shape index (κ2) is 5.81. The summed E-state index contributed by atoms with van der Waals surface area (Å²) in [5.74, 6) is 0.653. The Morgan fingerprint density at radius 1 is 1.23 bits per heavy atom. The molecule has 0 fully saturated rings. The Hall–Kier alpha value is -2.33. The van der Waals surface area contributed by atoms with Crippen LogP contribution >= 0.6 is 11.6 Å². The van der Waals surface area contributed by atoms with E-state index in [1.807, 2.05) is 36.4 Å². The van der Waals surface area contributed by atoms with E-state index in [-0.39, 0.29) is 12.3 Å². The van der Waals surface area contributed by atoms with Crippen LogP contribution in [0, 0.1) is 0 Å². The maximum absolute atomic E-state index is 12.4. The molecule has 5 heteroatoms. The molecule has 1 aliphatic heterocycles. The van der Waals surface area contributed by atoms with E-state index in [0.717, 1.165) is 16.9 Å². The van der Waals surface area contributed by atoms with Gasteiger partial charge in [0.05, 0.1) is 30.6 Å². The maximum atomic E-state index is 12.4. The summed E-state index contributed by atoms with van der Waals surface area (Å²) in [6.07, 6.45) is 0.206. The third kappa shape index (κ3) is 2.57. The summed E-state index contributed by atoms with van der Waals surface area (Å²) in [6.45, 7) is 0. The van der Waals surface area contributed by atoms with E-state index in [4.69, 9.17) is 16.3 Å². The zero-order valence-electron chi connectivity index (χ0n) is 12.3. The number of nitrogens with zero attached hydrogens (tertiary/aromatic N) is 2. The topological polar surface area (TPSA) is 41.9 Å². The van der Waals surface area contributed by atoms with Crippen molar-refractivity contribution in [2.75, 3.05) is 19.1 Å². The summed E-state index contributed by atoms with van der Waals surface area (Å²) in [6, 6.07) is 12.9. The molecule has 0 unspecified atom stereocenters. The van der Waals surface area contributed by atoms with Crippen LogP contribution in [0.2, 0.25) is 5.02 Å². The smallest absolute Gasteiger partial charge is 0.232 e. The molecule has 0 aromatic heterocycles. The molecule has 112 valence electrons. The number of anilines is 1. The molecular formula is C17H15ClN2O2. The second-order valence-corrected chi connectivity index (χ2v) is 5.43. The highest BCUT2D eigenvalue weighted by atomic mass is 35.5. The van der Waals surface area contributed by atoms with E-state index in [0.29, 0.717) is 16.5 Å². The molecule has 3 rings (SSSR count). The van der Waals surface area contributed by atoms with Crippen molar-refractivity contribution in [3.05, 3.63) is 53.1 Å². The van der Waals surface area contributed by atoms with E-state index in [2.05, 4.69) is 4.99 Å². The predicted molar refractivity (Wildman–Crippen MR) is 88.7 cm³/mol. The molecule has 0 saturated heterocycles. The lowest BCUT2D eigenvalue weighted by Crippen LogP contribution is -2.27. The second-order valence-electron chi connectivity index (χ2n) is 5.02. The third-order valence-corrected chi connectivity index (χ3v) is 4.01. The molecule has 0 spiro atoms. The van der Waals surface area contributed by atoms with Crippen LogP contribution < -0.4 is 9.64 Å². The van der Waals surface area contributed by atoms with Crippen LogP contribution in [-0.2, 0) is 4.79 Å². The molecule has 0 N–H and O–H groups in total. The number of halogens is 1. The van der Waals surface area contributed by atoms with E-state index < -0.39 is 0 Å². The number of rotatable bonds is 2. The zero-order valence-corrected chi connectivity index (χ0v) is 13.1. The first-order valence-corrected chi connectivity index (χ1v) is 7.25. The average molecular weight is 315 g/mol. The Morgan fingerprint density at radius 3 is 2.73 bits per heavy atom. The molecule has 22 heavy (non-hydrogen) atoms. The number of methoxy groups -OCH3 is 1. The first kappa shape index (κ1) is 14.6. The van der Waals surface area contributed by atoms with Crippen molar-refractivity contribution in [2.24, 2.45) is 4.99 Å². The van der Waals surface area contributed by atoms with Crippen molar-refractivity contribution in [1.29, 1.82) is 0 Å². The van der Waals surface area contributed by atoms with Crippen LogP contribution in [0.3, 0.4) is 0 Å². The van der Waals surface area contributed by atoms with Crippen molar-refractivity contribution >= 4 is 34.6 Å². The van der Waals surface area contributed by atoms with Gasteiger partial charge in [0.15, 0.2) is 0 Å². The number of carbonyl (C=O) groups is 1. The summed E-state index contributed by atoms with van der Waals surface area (Å²) < 4.78 is 5.23. The van der Waals surface area contributed by atoms with Crippen LogP contribution in [-0.4, -0.2) is 25.8 Å². The van der Waals surface area contributed by atoms with Gasteiger partial charge in [0.25, 0.3) is 0 Å². The Morgan fingerprint density at radius 2 is 2.00 bits per heavy atom. The minimum atomic E-state index is -0.0364. The SMILES string of the molecule is COc1ccc2c(c1)N(C)C(=O)CC(c1ccccc1Cl)=N2. The zero-order chi connectivity index (χ0) is 15.7. The standard InChI is InChI=1S/C17H15ClN2O2/c1-20-16-9-11(22-2)7-8-14(16)19-15(10-17(20)21)12-5-3-4-6-13(12)18/h3-9H,10H2,1-2H3. The third-order valence-electron chi connectivity index (χ3n) is 3.68. The highest BCUT2D eigenvalue weighted by Crippen LogP contribution is 2.35. The van der Waals surface area contributed by atoms with Crippen molar-refractivity contribution in [1.82, 2.24) is 0 Å². The number of ether oxygens (including phenoxy) is 1. The molecule has 1 aliphatic rings. The van der Waals surface area contributed by atoms with Gasteiger partial charge < -0.3 is 9.64 Å². The maximum Gasteiger partial charge on any atom is 0.232 e. The number of hydrogen-bond donors (Lipinski definition) is 0. The van der Waals surface area contributed by atoms with Gasteiger partial charge in [0, 0.05) is 23.7 Å². The van der Waals surface area contributed by atoms with Crippen LogP contribution in [0.1, 0.15) is 12.0 Å². The van der Waals surface area contributed by atoms with E-state index >= 15 is 0 Å². The summed E-state index contributed by atoms with van der Waals surface area (Å²) in [7, 11) is 3.34. The van der Waals surface area contributed by atoms with Gasteiger partial charge in [-0.1, -0.05) is 29.8 Å². The Kier molecular flexibility index (Phi) is 3.86. The van der Waals surface area contributed by atoms with Gasteiger partial charge in [-0.3, -0.25) is 9.79 Å². The van der Waals surface area contributed by atoms with Crippen molar-refractivity contribution in [3.63, 3.8) is 0 Å². The van der Waals surface area contributed by atoms with Gasteiger partial charge in [0.1, 0.15) is 5.75 Å². The molecule has 0 radical (unpaired) electrons. The highest BCUT2D eigenvalue weighted by molar-refractivity contribution is 6.35.